The molecular weight excluding hydrogens is 537 g/mol. The Morgan fingerprint density at radius 3 is 2.15 bits per heavy atom. The van der Waals surface area contributed by atoms with Crippen molar-refractivity contribution in [3.05, 3.63) is 106 Å². The molecule has 1 N–H and O–H groups in total. The number of hydrogen-bond acceptors (Lipinski definition) is 4. The molecule has 11 heteroatoms. The summed E-state index contributed by atoms with van der Waals surface area (Å²) in [6.07, 6.45) is 0.237. The molecule has 3 heterocycles. The van der Waals surface area contributed by atoms with Crippen molar-refractivity contribution >= 4 is 23.8 Å². The highest BCUT2D eigenvalue weighted by Crippen LogP contribution is 2.36. The number of piperidine rings is 1. The first-order valence-electron chi connectivity index (χ1n) is 13.2. The number of nitrogens with one attached hydrogen (secondary N) is 1. The molecule has 3 aromatic rings. The summed E-state index contributed by atoms with van der Waals surface area (Å²) in [5, 5.41) is 2.22. The molecule has 0 bridgehead atoms. The van der Waals surface area contributed by atoms with E-state index in [1.807, 2.05) is 0 Å². The van der Waals surface area contributed by atoms with E-state index in [0.29, 0.717) is 11.1 Å². The molecule has 0 radical (unpaired) electrons. The van der Waals surface area contributed by atoms with Crippen LogP contribution in [0.2, 0.25) is 0 Å². The van der Waals surface area contributed by atoms with Crippen LogP contribution in [-0.4, -0.2) is 57.6 Å². The largest absolute Gasteiger partial charge is 0.322 e. The van der Waals surface area contributed by atoms with Crippen molar-refractivity contribution in [1.29, 1.82) is 0 Å². The van der Waals surface area contributed by atoms with Gasteiger partial charge >= 0.3 is 6.03 Å². The fraction of sp³-hybridized carbons (Fsp3) is 0.267. The van der Waals surface area contributed by atoms with Gasteiger partial charge in [0.2, 0.25) is 11.8 Å². The van der Waals surface area contributed by atoms with Crippen LogP contribution in [0.5, 0.6) is 0 Å². The van der Waals surface area contributed by atoms with Gasteiger partial charge in [-0.3, -0.25) is 19.7 Å². The Kier molecular flexibility index (Phi) is 6.72. The number of fused-ring (bicyclic) bond motifs is 1. The van der Waals surface area contributed by atoms with Crippen molar-refractivity contribution in [2.45, 2.75) is 38.0 Å². The first-order chi connectivity index (χ1) is 19.7. The maximum atomic E-state index is 15.2. The van der Waals surface area contributed by atoms with Crippen molar-refractivity contribution < 1.29 is 32.3 Å². The van der Waals surface area contributed by atoms with Gasteiger partial charge in [0.15, 0.2) is 0 Å². The topological polar surface area (TPSA) is 90.0 Å². The minimum absolute atomic E-state index is 0.00603. The molecule has 41 heavy (non-hydrogen) atoms. The van der Waals surface area contributed by atoms with Crippen molar-refractivity contribution in [2.24, 2.45) is 0 Å². The lowest BCUT2D eigenvalue weighted by atomic mass is 9.96. The lowest BCUT2D eigenvalue weighted by Crippen LogP contribution is -2.52. The van der Waals surface area contributed by atoms with E-state index >= 15 is 4.39 Å². The van der Waals surface area contributed by atoms with Crippen molar-refractivity contribution in [2.75, 3.05) is 13.1 Å². The van der Waals surface area contributed by atoms with Crippen LogP contribution < -0.4 is 5.32 Å². The highest BCUT2D eigenvalue weighted by atomic mass is 19.1. The Bertz CT molecular complexity index is 1550. The van der Waals surface area contributed by atoms with Gasteiger partial charge in [-0.05, 0) is 35.7 Å². The fourth-order valence-electron chi connectivity index (χ4n) is 5.92. The van der Waals surface area contributed by atoms with Crippen LogP contribution in [0.3, 0.4) is 0 Å². The predicted octanol–water partition coefficient (Wildman–Crippen LogP) is 3.89. The molecule has 2 fully saturated rings. The summed E-state index contributed by atoms with van der Waals surface area (Å²) < 4.78 is 45.0. The highest BCUT2D eigenvalue weighted by molar-refractivity contribution is 6.05. The van der Waals surface area contributed by atoms with Crippen LogP contribution in [0.25, 0.3) is 0 Å². The van der Waals surface area contributed by atoms with E-state index in [-0.39, 0.29) is 55.7 Å². The number of nitrogens with zero attached hydrogens (tertiary/aromatic N) is 3. The summed E-state index contributed by atoms with van der Waals surface area (Å²) >= 11 is 0. The number of urea groups is 1. The van der Waals surface area contributed by atoms with Gasteiger partial charge in [-0.2, -0.15) is 0 Å². The predicted molar refractivity (Wildman–Crippen MR) is 140 cm³/mol. The average molecular weight is 563 g/mol. The molecule has 0 aliphatic carbocycles. The molecule has 6 rings (SSSR count). The van der Waals surface area contributed by atoms with Crippen LogP contribution in [0.15, 0.2) is 60.7 Å². The number of amides is 5. The standard InChI is InChI=1S/C30H25F3N4O4/c31-21-7-3-1-5-19(21)27(20-6-2-4-8-22(20)32)36-12-11-35(30(36)41)15-17-13-18-16-37(29(40)26(18)23(33)14-17)24-9-10-25(38)34-28(24)39/h1-8,13-14,24,27H,9-12,15-16H2,(H,34,38,39). The van der Waals surface area contributed by atoms with E-state index < -0.39 is 53.3 Å². The zero-order chi connectivity index (χ0) is 28.8. The van der Waals surface area contributed by atoms with E-state index in [2.05, 4.69) is 5.32 Å². The number of benzene rings is 3. The third-order valence-corrected chi connectivity index (χ3v) is 7.85. The van der Waals surface area contributed by atoms with Crippen LogP contribution in [0.4, 0.5) is 18.0 Å². The van der Waals surface area contributed by atoms with Crippen LogP contribution in [-0.2, 0) is 22.7 Å². The molecule has 3 aliphatic rings. The van der Waals surface area contributed by atoms with Gasteiger partial charge < -0.3 is 14.7 Å². The smallest absolute Gasteiger partial charge is 0.321 e. The quantitative estimate of drug-likeness (QED) is 0.462. The fourth-order valence-corrected chi connectivity index (χ4v) is 5.92. The maximum Gasteiger partial charge on any atom is 0.321 e. The second-order valence-corrected chi connectivity index (χ2v) is 10.4. The number of imide groups is 1. The molecule has 3 aromatic carbocycles. The molecule has 0 saturated carbocycles. The highest BCUT2D eigenvalue weighted by Gasteiger charge is 2.41. The van der Waals surface area contributed by atoms with Gasteiger partial charge in [0, 0.05) is 43.7 Å². The molecule has 8 nitrogen and oxygen atoms in total. The minimum atomic E-state index is -1.01. The first-order valence-corrected chi connectivity index (χ1v) is 13.2. The molecule has 0 spiro atoms. The molecule has 5 amide bonds. The van der Waals surface area contributed by atoms with Crippen molar-refractivity contribution in [3.63, 3.8) is 0 Å². The average Bonchev–Trinajstić information content (AvgIpc) is 3.46. The van der Waals surface area contributed by atoms with E-state index in [0.717, 1.165) is 0 Å². The summed E-state index contributed by atoms with van der Waals surface area (Å²) in [7, 11) is 0. The lowest BCUT2D eigenvalue weighted by molar-refractivity contribution is -0.136. The van der Waals surface area contributed by atoms with Crippen LogP contribution in [0.1, 0.15) is 51.5 Å². The zero-order valence-electron chi connectivity index (χ0n) is 21.8. The van der Waals surface area contributed by atoms with Crippen molar-refractivity contribution in [1.82, 2.24) is 20.0 Å². The van der Waals surface area contributed by atoms with Crippen LogP contribution >= 0.6 is 0 Å². The number of halogens is 3. The van der Waals surface area contributed by atoms with Crippen molar-refractivity contribution in [3.8, 4) is 0 Å². The zero-order valence-corrected chi connectivity index (χ0v) is 21.8. The monoisotopic (exact) mass is 562 g/mol. The molecule has 3 aliphatic heterocycles. The second kappa shape index (κ2) is 10.4. The molecule has 2 saturated heterocycles. The normalized spacial score (nSPS) is 18.9. The van der Waals surface area contributed by atoms with Gasteiger partial charge in [0.05, 0.1) is 11.6 Å². The summed E-state index contributed by atoms with van der Waals surface area (Å²) in [6.45, 7) is 0.418. The molecule has 1 atom stereocenters. The van der Waals surface area contributed by atoms with Gasteiger partial charge in [-0.1, -0.05) is 42.5 Å². The Morgan fingerprint density at radius 2 is 1.51 bits per heavy atom. The van der Waals surface area contributed by atoms with E-state index in [9.17, 15) is 28.0 Å². The molecule has 1 unspecified atom stereocenters. The Labute approximate surface area is 233 Å². The second-order valence-electron chi connectivity index (χ2n) is 10.4. The lowest BCUT2D eigenvalue weighted by Gasteiger charge is -2.29. The van der Waals surface area contributed by atoms with Gasteiger partial charge in [-0.25, -0.2) is 18.0 Å². The van der Waals surface area contributed by atoms with E-state index in [4.69, 9.17) is 0 Å². The Hall–Kier alpha value is -4.67. The summed E-state index contributed by atoms with van der Waals surface area (Å²) in [4.78, 5) is 54.5. The Balaban J connectivity index is 1.24. The van der Waals surface area contributed by atoms with E-state index in [1.54, 1.807) is 18.2 Å². The van der Waals surface area contributed by atoms with Crippen LogP contribution in [0, 0.1) is 17.5 Å². The van der Waals surface area contributed by atoms with Gasteiger partial charge in [-0.15, -0.1) is 0 Å². The summed E-state index contributed by atoms with van der Waals surface area (Å²) in [5.41, 5.74) is 0.996. The number of rotatable bonds is 6. The van der Waals surface area contributed by atoms with Gasteiger partial charge in [0.25, 0.3) is 5.91 Å². The third kappa shape index (κ3) is 4.71. The molecular formula is C30H25F3N4O4. The molecule has 0 aromatic heterocycles. The number of carbonyl (C=O) groups is 4. The summed E-state index contributed by atoms with van der Waals surface area (Å²) in [6, 6.07) is 12.3. The number of carbonyl (C=O) groups excluding carboxylic acids is 4. The SMILES string of the molecule is O=C1CCC(N2Cc3cc(CN4CCN(C(c5ccccc5F)c5ccccc5F)C4=O)cc(F)c3C2=O)C(=O)N1. The Morgan fingerprint density at radius 1 is 0.854 bits per heavy atom. The summed E-state index contributed by atoms with van der Waals surface area (Å²) in [5.74, 6) is -3.54. The van der Waals surface area contributed by atoms with Gasteiger partial charge in [0.1, 0.15) is 23.5 Å². The maximum absolute atomic E-state index is 15.2. The first kappa shape index (κ1) is 26.5. The minimum Gasteiger partial charge on any atom is -0.322 e. The third-order valence-electron chi connectivity index (χ3n) is 7.85. The molecule has 210 valence electrons. The number of hydrogen-bond donors (Lipinski definition) is 1. The van der Waals surface area contributed by atoms with E-state index in [1.165, 1.54) is 57.2 Å².